The fourth-order valence-electron chi connectivity index (χ4n) is 1.67. The molecular formula is C13H16N4O2S. The van der Waals surface area contributed by atoms with Gasteiger partial charge in [0.1, 0.15) is 0 Å². The van der Waals surface area contributed by atoms with Crippen LogP contribution in [0, 0.1) is 0 Å². The van der Waals surface area contributed by atoms with Gasteiger partial charge in [-0.2, -0.15) is 0 Å². The number of rotatable bonds is 5. The van der Waals surface area contributed by atoms with Crippen LogP contribution in [0.25, 0.3) is 10.2 Å². The maximum absolute atomic E-state index is 11.9. The molecule has 2 rings (SSSR count). The zero-order chi connectivity index (χ0) is 14.5. The minimum atomic E-state index is -0.287. The van der Waals surface area contributed by atoms with Gasteiger partial charge in [-0.3, -0.25) is 9.59 Å². The highest BCUT2D eigenvalue weighted by molar-refractivity contribution is 7.22. The number of nitrogens with two attached hydrogens (primary N) is 1. The summed E-state index contributed by atoms with van der Waals surface area (Å²) in [5, 5.41) is 5.74. The van der Waals surface area contributed by atoms with Gasteiger partial charge in [-0.25, -0.2) is 4.98 Å². The Hall–Kier alpha value is -2.15. The summed E-state index contributed by atoms with van der Waals surface area (Å²) in [4.78, 5) is 27.5. The van der Waals surface area contributed by atoms with Crippen LogP contribution >= 0.6 is 11.3 Å². The Kier molecular flexibility index (Phi) is 4.52. The number of nitrogens with zero attached hydrogens (tertiary/aromatic N) is 1. The molecule has 0 aliphatic carbocycles. The number of benzene rings is 1. The number of aromatic nitrogens is 1. The quantitative estimate of drug-likeness (QED) is 0.769. The largest absolute Gasteiger partial charge is 0.375 e. The normalized spacial score (nSPS) is 10.4. The summed E-state index contributed by atoms with van der Waals surface area (Å²) in [5.74, 6) is -0.478. The van der Waals surface area contributed by atoms with E-state index in [0.29, 0.717) is 17.2 Å². The molecule has 0 saturated carbocycles. The van der Waals surface area contributed by atoms with Gasteiger partial charge in [0, 0.05) is 12.1 Å². The molecule has 0 bridgehead atoms. The van der Waals surface area contributed by atoms with E-state index in [4.69, 9.17) is 5.73 Å². The number of amides is 2. The summed E-state index contributed by atoms with van der Waals surface area (Å²) in [7, 11) is 0. The van der Waals surface area contributed by atoms with Crippen LogP contribution in [0.15, 0.2) is 18.2 Å². The summed E-state index contributed by atoms with van der Waals surface area (Å²) in [6.07, 6.45) is 0.864. The number of nitrogen functional groups attached to an aromatic ring is 1. The Morgan fingerprint density at radius 3 is 2.90 bits per heavy atom. The van der Waals surface area contributed by atoms with Crippen molar-refractivity contribution in [2.75, 3.05) is 18.8 Å². The number of fused-ring (bicyclic) bond motifs is 1. The van der Waals surface area contributed by atoms with Gasteiger partial charge in [0.25, 0.3) is 5.91 Å². The minimum absolute atomic E-state index is 0.0261. The molecule has 0 unspecified atom stereocenters. The highest BCUT2D eigenvalue weighted by Crippen LogP contribution is 2.24. The maximum atomic E-state index is 11.9. The van der Waals surface area contributed by atoms with Crippen molar-refractivity contribution in [1.29, 1.82) is 0 Å². The number of carbonyl (C=O) groups excluding carboxylic acids is 2. The van der Waals surface area contributed by atoms with Crippen LogP contribution in [-0.2, 0) is 4.79 Å². The van der Waals surface area contributed by atoms with Crippen molar-refractivity contribution < 1.29 is 9.59 Å². The zero-order valence-electron chi connectivity index (χ0n) is 11.1. The third-order valence-corrected chi connectivity index (χ3v) is 3.50. The van der Waals surface area contributed by atoms with Gasteiger partial charge in [-0.1, -0.05) is 18.3 Å². The Labute approximate surface area is 120 Å². The van der Waals surface area contributed by atoms with E-state index in [-0.39, 0.29) is 18.4 Å². The fourth-order valence-corrected chi connectivity index (χ4v) is 2.45. The third-order valence-electron chi connectivity index (χ3n) is 2.65. The fraction of sp³-hybridized carbons (Fsp3) is 0.308. The predicted octanol–water partition coefficient (Wildman–Crippen LogP) is 1.13. The summed E-state index contributed by atoms with van der Waals surface area (Å²) in [6.45, 7) is 2.55. The lowest BCUT2D eigenvalue weighted by atomic mass is 10.2. The number of carbonyl (C=O) groups is 2. The lowest BCUT2D eigenvalue weighted by molar-refractivity contribution is -0.120. The lowest BCUT2D eigenvalue weighted by Gasteiger charge is -2.06. The zero-order valence-corrected chi connectivity index (χ0v) is 11.9. The van der Waals surface area contributed by atoms with Crippen molar-refractivity contribution in [2.24, 2.45) is 0 Å². The van der Waals surface area contributed by atoms with E-state index in [9.17, 15) is 9.59 Å². The van der Waals surface area contributed by atoms with Crippen LogP contribution in [0.3, 0.4) is 0 Å². The van der Waals surface area contributed by atoms with Crippen molar-refractivity contribution in [1.82, 2.24) is 15.6 Å². The van der Waals surface area contributed by atoms with E-state index < -0.39 is 0 Å². The maximum Gasteiger partial charge on any atom is 0.251 e. The van der Waals surface area contributed by atoms with Gasteiger partial charge in [-0.05, 0) is 24.6 Å². The molecule has 1 aromatic heterocycles. The van der Waals surface area contributed by atoms with Gasteiger partial charge in [0.2, 0.25) is 5.91 Å². The Balaban J connectivity index is 1.98. The molecule has 0 aliphatic rings. The molecule has 0 atom stereocenters. The number of thiazole rings is 1. The van der Waals surface area contributed by atoms with Crippen LogP contribution in [0.1, 0.15) is 23.7 Å². The lowest BCUT2D eigenvalue weighted by Crippen LogP contribution is -2.37. The second kappa shape index (κ2) is 6.33. The van der Waals surface area contributed by atoms with Gasteiger partial charge < -0.3 is 16.4 Å². The molecule has 0 spiro atoms. The van der Waals surface area contributed by atoms with E-state index >= 15 is 0 Å². The molecular weight excluding hydrogens is 276 g/mol. The van der Waals surface area contributed by atoms with E-state index in [1.54, 1.807) is 18.2 Å². The van der Waals surface area contributed by atoms with Crippen LogP contribution in [0.5, 0.6) is 0 Å². The van der Waals surface area contributed by atoms with Crippen molar-refractivity contribution >= 4 is 38.5 Å². The monoisotopic (exact) mass is 292 g/mol. The van der Waals surface area contributed by atoms with Crippen molar-refractivity contribution in [2.45, 2.75) is 13.3 Å². The van der Waals surface area contributed by atoms with Gasteiger partial charge in [-0.15, -0.1) is 0 Å². The number of nitrogens with one attached hydrogen (secondary N) is 2. The molecule has 0 fully saturated rings. The average molecular weight is 292 g/mol. The van der Waals surface area contributed by atoms with Crippen molar-refractivity contribution in [3.63, 3.8) is 0 Å². The SMILES string of the molecule is CCCNC(=O)CNC(=O)c1ccc2nc(N)sc2c1. The molecule has 1 aromatic carbocycles. The highest BCUT2D eigenvalue weighted by Gasteiger charge is 2.10. The number of hydrogen-bond donors (Lipinski definition) is 3. The van der Waals surface area contributed by atoms with E-state index in [1.807, 2.05) is 6.92 Å². The first kappa shape index (κ1) is 14.3. The number of hydrogen-bond acceptors (Lipinski definition) is 5. The highest BCUT2D eigenvalue weighted by atomic mass is 32.1. The van der Waals surface area contributed by atoms with Crippen LogP contribution in [0.4, 0.5) is 5.13 Å². The minimum Gasteiger partial charge on any atom is -0.375 e. The third kappa shape index (κ3) is 3.45. The van der Waals surface area contributed by atoms with Gasteiger partial charge in [0.05, 0.1) is 16.8 Å². The second-order valence-electron chi connectivity index (χ2n) is 4.27. The molecule has 2 aromatic rings. The van der Waals surface area contributed by atoms with Gasteiger partial charge >= 0.3 is 0 Å². The van der Waals surface area contributed by atoms with E-state index in [1.165, 1.54) is 11.3 Å². The van der Waals surface area contributed by atoms with Crippen LogP contribution in [-0.4, -0.2) is 29.9 Å². The van der Waals surface area contributed by atoms with Crippen LogP contribution < -0.4 is 16.4 Å². The first-order chi connectivity index (χ1) is 9.60. The Bertz CT molecular complexity index is 638. The molecule has 0 aliphatic heterocycles. The topological polar surface area (TPSA) is 97.1 Å². The predicted molar refractivity (Wildman–Crippen MR) is 79.7 cm³/mol. The number of anilines is 1. The first-order valence-corrected chi connectivity index (χ1v) is 7.12. The molecule has 1 heterocycles. The molecule has 7 heteroatoms. The molecule has 106 valence electrons. The smallest absolute Gasteiger partial charge is 0.251 e. The van der Waals surface area contributed by atoms with Crippen LogP contribution in [0.2, 0.25) is 0 Å². The molecule has 0 radical (unpaired) electrons. The van der Waals surface area contributed by atoms with E-state index in [0.717, 1.165) is 16.6 Å². The summed E-state index contributed by atoms with van der Waals surface area (Å²) in [6, 6.07) is 5.14. The summed E-state index contributed by atoms with van der Waals surface area (Å²) >= 11 is 1.33. The average Bonchev–Trinajstić information content (AvgIpc) is 2.81. The molecule has 4 N–H and O–H groups in total. The molecule has 0 saturated heterocycles. The molecule has 20 heavy (non-hydrogen) atoms. The van der Waals surface area contributed by atoms with Gasteiger partial charge in [0.15, 0.2) is 5.13 Å². The second-order valence-corrected chi connectivity index (χ2v) is 5.33. The summed E-state index contributed by atoms with van der Waals surface area (Å²) in [5.41, 5.74) is 6.87. The Morgan fingerprint density at radius 2 is 2.15 bits per heavy atom. The summed E-state index contributed by atoms with van der Waals surface area (Å²) < 4.78 is 0.852. The van der Waals surface area contributed by atoms with E-state index in [2.05, 4.69) is 15.6 Å². The van der Waals surface area contributed by atoms with Crippen molar-refractivity contribution in [3.8, 4) is 0 Å². The Morgan fingerprint density at radius 1 is 1.35 bits per heavy atom. The molecule has 6 nitrogen and oxygen atoms in total. The standard InChI is InChI=1S/C13H16N4O2S/c1-2-5-15-11(18)7-16-12(19)8-3-4-9-10(6-8)20-13(14)17-9/h3-4,6H,2,5,7H2,1H3,(H2,14,17)(H,15,18)(H,16,19). The first-order valence-electron chi connectivity index (χ1n) is 6.31. The molecule has 2 amide bonds. The van der Waals surface area contributed by atoms with Crippen molar-refractivity contribution in [3.05, 3.63) is 23.8 Å².